The van der Waals surface area contributed by atoms with Gasteiger partial charge in [0.2, 0.25) is 0 Å². The molecule has 0 spiro atoms. The lowest BCUT2D eigenvalue weighted by atomic mass is 9.96. The summed E-state index contributed by atoms with van der Waals surface area (Å²) in [6.45, 7) is 0. The quantitative estimate of drug-likeness (QED) is 0.152. The maximum atomic E-state index is 9.16. The van der Waals surface area contributed by atoms with Gasteiger partial charge in [0.05, 0.1) is 2.74 Å². The van der Waals surface area contributed by atoms with Gasteiger partial charge in [-0.3, -0.25) is 0 Å². The summed E-state index contributed by atoms with van der Waals surface area (Å²) in [7, 11) is 0. The largest absolute Gasteiger partial charge is 0.310 e. The molecule has 0 aliphatic heterocycles. The van der Waals surface area contributed by atoms with Crippen molar-refractivity contribution in [1.29, 1.82) is 0 Å². The second kappa shape index (κ2) is 10.6. The van der Waals surface area contributed by atoms with Gasteiger partial charge >= 0.3 is 0 Å². The predicted octanol–water partition coefficient (Wildman–Crippen LogP) is 11.9. The first-order chi connectivity index (χ1) is 22.1. The van der Waals surface area contributed by atoms with Crippen molar-refractivity contribution in [2.45, 2.75) is 0 Å². The monoisotopic (exact) mass is 549 g/mol. The smallest absolute Gasteiger partial charge is 0.0629 e. The Hall–Kier alpha value is -5.66. The van der Waals surface area contributed by atoms with E-state index >= 15 is 0 Å². The highest BCUT2D eigenvalue weighted by atomic mass is 15.1. The van der Waals surface area contributed by atoms with E-state index in [-0.39, 0.29) is 12.1 Å². The standard InChI is InChI=1S/C42H29N/c1-3-11-33-28-38(25-21-31(33)9-1)43(39-26-22-32-10-2-4-12-34(32)29-39)37-23-18-30(19-24-37)17-20-36-27-35-13-5-6-14-40(35)42-16-8-7-15-41(36)42/h1-29H/b20-17+/i17D,20D. The molecular formula is C42H29N. The molecule has 0 saturated heterocycles. The lowest BCUT2D eigenvalue weighted by Gasteiger charge is -2.26. The Labute approximate surface area is 254 Å². The molecule has 0 aliphatic rings. The first kappa shape index (κ1) is 23.0. The van der Waals surface area contributed by atoms with Crippen LogP contribution in [0.5, 0.6) is 0 Å². The minimum atomic E-state index is 0.199. The zero-order valence-electron chi connectivity index (χ0n) is 25.5. The summed E-state index contributed by atoms with van der Waals surface area (Å²) in [5, 5.41) is 9.06. The first-order valence-electron chi connectivity index (χ1n) is 15.6. The fraction of sp³-hybridized carbons (Fsp3) is 0. The minimum absolute atomic E-state index is 0.199. The third-order valence-corrected chi connectivity index (χ3v) is 8.22. The van der Waals surface area contributed by atoms with Gasteiger partial charge in [-0.05, 0) is 96.7 Å². The molecule has 0 unspecified atom stereocenters. The van der Waals surface area contributed by atoms with Gasteiger partial charge in [0.1, 0.15) is 0 Å². The van der Waals surface area contributed by atoms with Crippen LogP contribution in [-0.4, -0.2) is 0 Å². The van der Waals surface area contributed by atoms with Gasteiger partial charge in [0.15, 0.2) is 0 Å². The van der Waals surface area contributed by atoms with Gasteiger partial charge in [-0.25, -0.2) is 0 Å². The SMILES string of the molecule is [2H]/C(=C(/[2H])c1cc2ccccc2c2ccccc12)c1ccc(N(c2ccc3ccccc3c2)c2ccc3ccccc3c2)cc1. The molecule has 202 valence electrons. The summed E-state index contributed by atoms with van der Waals surface area (Å²) in [6, 6.07) is 56.8. The molecule has 8 aromatic carbocycles. The Morgan fingerprint density at radius 2 is 0.860 bits per heavy atom. The molecule has 0 aliphatic carbocycles. The Kier molecular flexibility index (Phi) is 5.68. The normalized spacial score (nSPS) is 12.7. The molecule has 0 fully saturated rings. The molecule has 0 aromatic heterocycles. The van der Waals surface area contributed by atoms with Crippen LogP contribution < -0.4 is 4.90 Å². The van der Waals surface area contributed by atoms with Gasteiger partial charge in [-0.15, -0.1) is 0 Å². The zero-order valence-corrected chi connectivity index (χ0v) is 23.5. The molecule has 43 heavy (non-hydrogen) atoms. The topological polar surface area (TPSA) is 3.24 Å². The molecule has 0 saturated carbocycles. The molecule has 0 heterocycles. The molecule has 0 N–H and O–H groups in total. The Morgan fingerprint density at radius 3 is 1.49 bits per heavy atom. The summed E-state index contributed by atoms with van der Waals surface area (Å²) in [5.74, 6) is 0. The van der Waals surface area contributed by atoms with E-state index in [2.05, 4.69) is 120 Å². The zero-order chi connectivity index (χ0) is 30.3. The molecule has 1 nitrogen and oxygen atoms in total. The molecule has 0 amide bonds. The highest BCUT2D eigenvalue weighted by molar-refractivity contribution is 6.11. The van der Waals surface area contributed by atoms with Crippen molar-refractivity contribution in [2.75, 3.05) is 4.90 Å². The summed E-state index contributed by atoms with van der Waals surface area (Å²) in [6.07, 6.45) is 0. The molecule has 0 bridgehead atoms. The number of nitrogens with zero attached hydrogens (tertiary/aromatic N) is 1. The van der Waals surface area contributed by atoms with Crippen molar-refractivity contribution in [1.82, 2.24) is 0 Å². The number of hydrogen-bond acceptors (Lipinski definition) is 1. The second-order valence-corrected chi connectivity index (χ2v) is 10.9. The fourth-order valence-corrected chi connectivity index (χ4v) is 6.07. The number of fused-ring (bicyclic) bond motifs is 5. The van der Waals surface area contributed by atoms with Crippen molar-refractivity contribution < 1.29 is 2.74 Å². The number of benzene rings is 8. The molecule has 8 rings (SSSR count). The molecule has 1 heteroatoms. The van der Waals surface area contributed by atoms with Crippen molar-refractivity contribution in [2.24, 2.45) is 0 Å². The third kappa shape index (κ3) is 4.71. The van der Waals surface area contributed by atoms with Crippen LogP contribution in [0, 0.1) is 0 Å². The van der Waals surface area contributed by atoms with Crippen LogP contribution in [0.25, 0.3) is 55.2 Å². The van der Waals surface area contributed by atoms with Crippen LogP contribution in [0.3, 0.4) is 0 Å². The van der Waals surface area contributed by atoms with Crippen LogP contribution in [0.2, 0.25) is 0 Å². The lowest BCUT2D eigenvalue weighted by molar-refractivity contribution is 1.29. The third-order valence-electron chi connectivity index (χ3n) is 8.22. The Morgan fingerprint density at radius 1 is 0.372 bits per heavy atom. The van der Waals surface area contributed by atoms with E-state index in [4.69, 9.17) is 2.74 Å². The van der Waals surface area contributed by atoms with Crippen molar-refractivity contribution in [3.63, 3.8) is 0 Å². The summed E-state index contributed by atoms with van der Waals surface area (Å²) in [5.41, 5.74) is 4.58. The Balaban J connectivity index is 1.24. The van der Waals surface area contributed by atoms with E-state index in [1.54, 1.807) is 0 Å². The van der Waals surface area contributed by atoms with Gasteiger partial charge in [0.25, 0.3) is 0 Å². The van der Waals surface area contributed by atoms with Crippen LogP contribution in [0.4, 0.5) is 17.1 Å². The van der Waals surface area contributed by atoms with E-state index in [9.17, 15) is 0 Å². The maximum absolute atomic E-state index is 9.16. The van der Waals surface area contributed by atoms with Gasteiger partial charge in [0, 0.05) is 17.1 Å². The average Bonchev–Trinajstić information content (AvgIpc) is 3.11. The summed E-state index contributed by atoms with van der Waals surface area (Å²) in [4.78, 5) is 2.26. The van der Waals surface area contributed by atoms with E-state index in [1.165, 1.54) is 21.5 Å². The van der Waals surface area contributed by atoms with Crippen LogP contribution in [0.15, 0.2) is 164 Å². The van der Waals surface area contributed by atoms with E-state index in [0.29, 0.717) is 5.56 Å². The Bertz CT molecular complexity index is 2330. The van der Waals surface area contributed by atoms with E-state index < -0.39 is 0 Å². The minimum Gasteiger partial charge on any atom is -0.310 e. The van der Waals surface area contributed by atoms with Gasteiger partial charge < -0.3 is 4.90 Å². The molecule has 0 radical (unpaired) electrons. The average molecular weight is 550 g/mol. The van der Waals surface area contributed by atoms with Crippen LogP contribution >= 0.6 is 0 Å². The van der Waals surface area contributed by atoms with Crippen LogP contribution in [-0.2, 0) is 0 Å². The molecular weight excluding hydrogens is 518 g/mol. The lowest BCUT2D eigenvalue weighted by Crippen LogP contribution is -2.09. The van der Waals surface area contributed by atoms with Gasteiger partial charge in [-0.1, -0.05) is 133 Å². The fourth-order valence-electron chi connectivity index (χ4n) is 6.07. The highest BCUT2D eigenvalue weighted by Gasteiger charge is 2.14. The maximum Gasteiger partial charge on any atom is 0.0629 e. The van der Waals surface area contributed by atoms with Crippen molar-refractivity contribution in [3.8, 4) is 0 Å². The summed E-state index contributed by atoms with van der Waals surface area (Å²) >= 11 is 0. The number of rotatable bonds is 5. The van der Waals surface area contributed by atoms with Crippen molar-refractivity contribution in [3.05, 3.63) is 175 Å². The van der Waals surface area contributed by atoms with Crippen LogP contribution in [0.1, 0.15) is 13.9 Å². The van der Waals surface area contributed by atoms with Crippen molar-refractivity contribution >= 4 is 72.3 Å². The number of anilines is 3. The summed E-state index contributed by atoms with van der Waals surface area (Å²) < 4.78 is 18.3. The number of hydrogen-bond donors (Lipinski definition) is 0. The van der Waals surface area contributed by atoms with E-state index in [1.807, 2.05) is 48.5 Å². The molecule has 8 aromatic rings. The second-order valence-electron chi connectivity index (χ2n) is 10.9. The predicted molar refractivity (Wildman–Crippen MR) is 187 cm³/mol. The molecule has 0 atom stereocenters. The van der Waals surface area contributed by atoms with E-state index in [0.717, 1.165) is 44.2 Å². The van der Waals surface area contributed by atoms with Gasteiger partial charge in [-0.2, -0.15) is 0 Å². The highest BCUT2D eigenvalue weighted by Crippen LogP contribution is 2.38. The first-order valence-corrected chi connectivity index (χ1v) is 14.6.